The third-order valence-corrected chi connectivity index (χ3v) is 3.29. The second-order valence-electron chi connectivity index (χ2n) is 4.98. The van der Waals surface area contributed by atoms with Crippen LogP contribution >= 0.6 is 0 Å². The predicted octanol–water partition coefficient (Wildman–Crippen LogP) is 3.44. The zero-order valence-corrected chi connectivity index (χ0v) is 13.8. The van der Waals surface area contributed by atoms with Gasteiger partial charge >= 0.3 is 0 Å². The molecule has 2 rings (SSSR count). The number of hydrogen-bond acceptors (Lipinski definition) is 6. The van der Waals surface area contributed by atoms with E-state index in [2.05, 4.69) is 10.3 Å². The fraction of sp³-hybridized carbons (Fsp3) is 0.353. The topological polar surface area (TPSA) is 86.5 Å². The van der Waals surface area contributed by atoms with Crippen molar-refractivity contribution >= 4 is 11.5 Å². The number of ether oxygens (including phenoxy) is 2. The Morgan fingerprint density at radius 1 is 1.12 bits per heavy atom. The smallest absolute Gasteiger partial charge is 0.287 e. The van der Waals surface area contributed by atoms with Crippen LogP contribution in [0.3, 0.4) is 0 Å². The van der Waals surface area contributed by atoms with Crippen LogP contribution < -0.4 is 14.8 Å². The lowest BCUT2D eigenvalue weighted by Crippen LogP contribution is -2.07. The van der Waals surface area contributed by atoms with Crippen LogP contribution in [0.2, 0.25) is 0 Å². The van der Waals surface area contributed by atoms with Gasteiger partial charge in [0.15, 0.2) is 11.5 Å². The minimum absolute atomic E-state index is 0.0200. The second kappa shape index (κ2) is 8.71. The van der Waals surface area contributed by atoms with Crippen LogP contribution in [0.5, 0.6) is 11.5 Å². The van der Waals surface area contributed by atoms with Crippen LogP contribution in [0.15, 0.2) is 36.5 Å². The molecule has 0 unspecified atom stereocenters. The fourth-order valence-electron chi connectivity index (χ4n) is 2.18. The monoisotopic (exact) mass is 331 g/mol. The first-order valence-corrected chi connectivity index (χ1v) is 7.86. The minimum Gasteiger partial charge on any atom is -0.490 e. The number of benzene rings is 1. The Morgan fingerprint density at radius 2 is 1.88 bits per heavy atom. The van der Waals surface area contributed by atoms with E-state index in [0.29, 0.717) is 25.6 Å². The third kappa shape index (κ3) is 4.84. The van der Waals surface area contributed by atoms with Crippen molar-refractivity contribution in [2.24, 2.45) is 0 Å². The molecular formula is C17H21N3O4. The molecular weight excluding hydrogens is 310 g/mol. The molecule has 1 heterocycles. The number of aromatic nitrogens is 1. The number of anilines is 1. The zero-order chi connectivity index (χ0) is 17.4. The van der Waals surface area contributed by atoms with E-state index in [1.54, 1.807) is 6.07 Å². The lowest BCUT2D eigenvalue weighted by Gasteiger charge is -2.12. The Kier molecular flexibility index (Phi) is 6.36. The summed E-state index contributed by atoms with van der Waals surface area (Å²) in [6.45, 7) is 5.70. The van der Waals surface area contributed by atoms with Gasteiger partial charge in [-0.1, -0.05) is 6.07 Å². The Hall–Kier alpha value is -2.83. The van der Waals surface area contributed by atoms with Gasteiger partial charge in [0, 0.05) is 12.6 Å². The van der Waals surface area contributed by atoms with E-state index in [0.717, 1.165) is 23.5 Å². The lowest BCUT2D eigenvalue weighted by molar-refractivity contribution is -0.385. The summed E-state index contributed by atoms with van der Waals surface area (Å²) >= 11 is 0. The van der Waals surface area contributed by atoms with E-state index in [4.69, 9.17) is 9.47 Å². The first-order valence-electron chi connectivity index (χ1n) is 7.86. The molecule has 0 saturated heterocycles. The largest absolute Gasteiger partial charge is 0.490 e. The first-order chi connectivity index (χ1) is 11.6. The average Bonchev–Trinajstić information content (AvgIpc) is 2.58. The maximum absolute atomic E-state index is 10.6. The summed E-state index contributed by atoms with van der Waals surface area (Å²) < 4.78 is 11.2. The summed E-state index contributed by atoms with van der Waals surface area (Å²) in [6, 6.07) is 8.91. The van der Waals surface area contributed by atoms with Crippen LogP contribution in [-0.2, 0) is 6.42 Å². The van der Waals surface area contributed by atoms with Crippen molar-refractivity contribution < 1.29 is 14.4 Å². The second-order valence-corrected chi connectivity index (χ2v) is 4.98. The maximum Gasteiger partial charge on any atom is 0.287 e. The minimum atomic E-state index is -0.466. The molecule has 0 atom stereocenters. The highest BCUT2D eigenvalue weighted by Crippen LogP contribution is 2.28. The number of nitrogens with zero attached hydrogens (tertiary/aromatic N) is 2. The number of nitrogens with one attached hydrogen (secondary N) is 1. The molecule has 7 heteroatoms. The van der Waals surface area contributed by atoms with E-state index < -0.39 is 4.92 Å². The molecule has 0 amide bonds. The van der Waals surface area contributed by atoms with Crippen LogP contribution in [0.25, 0.3) is 0 Å². The number of pyridine rings is 1. The highest BCUT2D eigenvalue weighted by atomic mass is 16.6. The summed E-state index contributed by atoms with van der Waals surface area (Å²) in [6.07, 6.45) is 2.01. The standard InChI is InChI=1S/C17H21N3O4/c1-3-23-15-7-5-13(11-16(15)24-4-2)9-10-18-17-8-6-14(12-19-17)20(21)22/h5-8,11-12H,3-4,9-10H2,1-2H3,(H,18,19). The Morgan fingerprint density at radius 3 is 2.50 bits per heavy atom. The van der Waals surface area contributed by atoms with Crippen molar-refractivity contribution in [1.29, 1.82) is 0 Å². The molecule has 0 spiro atoms. The van der Waals surface area contributed by atoms with Crippen molar-refractivity contribution in [3.05, 3.63) is 52.2 Å². The van der Waals surface area contributed by atoms with Crippen LogP contribution in [0.4, 0.5) is 11.5 Å². The first kappa shape index (κ1) is 17.5. The molecule has 1 N–H and O–H groups in total. The molecule has 0 fully saturated rings. The number of nitro groups is 1. The lowest BCUT2D eigenvalue weighted by atomic mass is 10.1. The van der Waals surface area contributed by atoms with E-state index >= 15 is 0 Å². The highest BCUT2D eigenvalue weighted by Gasteiger charge is 2.07. The van der Waals surface area contributed by atoms with Crippen LogP contribution in [0, 0.1) is 10.1 Å². The molecule has 128 valence electrons. The molecule has 1 aromatic carbocycles. The molecule has 2 aromatic rings. The van der Waals surface area contributed by atoms with Crippen molar-refractivity contribution in [3.63, 3.8) is 0 Å². The van der Waals surface area contributed by atoms with E-state index in [9.17, 15) is 10.1 Å². The SMILES string of the molecule is CCOc1ccc(CCNc2ccc([N+](=O)[O-])cn2)cc1OCC. The van der Waals surface area contributed by atoms with Crippen molar-refractivity contribution in [1.82, 2.24) is 4.98 Å². The molecule has 7 nitrogen and oxygen atoms in total. The van der Waals surface area contributed by atoms with Crippen LogP contribution in [0.1, 0.15) is 19.4 Å². The van der Waals surface area contributed by atoms with Gasteiger partial charge in [0.25, 0.3) is 5.69 Å². The summed E-state index contributed by atoms with van der Waals surface area (Å²) in [5, 5.41) is 13.7. The van der Waals surface area contributed by atoms with Crippen molar-refractivity contribution in [2.45, 2.75) is 20.3 Å². The van der Waals surface area contributed by atoms with Crippen molar-refractivity contribution in [3.8, 4) is 11.5 Å². The summed E-state index contributed by atoms with van der Waals surface area (Å²) in [5.41, 5.74) is 1.09. The maximum atomic E-state index is 10.6. The Bertz CT molecular complexity index is 674. The average molecular weight is 331 g/mol. The van der Waals surface area contributed by atoms with Gasteiger partial charge in [-0.3, -0.25) is 10.1 Å². The summed E-state index contributed by atoms with van der Waals surface area (Å²) in [7, 11) is 0. The quantitative estimate of drug-likeness (QED) is 0.559. The predicted molar refractivity (Wildman–Crippen MR) is 91.9 cm³/mol. The van der Waals surface area contributed by atoms with Crippen molar-refractivity contribution in [2.75, 3.05) is 25.1 Å². The van der Waals surface area contributed by atoms with Gasteiger partial charge in [-0.05, 0) is 44.0 Å². The Balaban J connectivity index is 1.93. The van der Waals surface area contributed by atoms with Gasteiger partial charge in [-0.15, -0.1) is 0 Å². The molecule has 0 saturated carbocycles. The van der Waals surface area contributed by atoms with Crippen LogP contribution in [-0.4, -0.2) is 29.7 Å². The third-order valence-electron chi connectivity index (χ3n) is 3.29. The summed E-state index contributed by atoms with van der Waals surface area (Å²) in [4.78, 5) is 14.1. The molecule has 0 aliphatic carbocycles. The zero-order valence-electron chi connectivity index (χ0n) is 13.8. The van der Waals surface area contributed by atoms with Gasteiger partial charge in [0.2, 0.25) is 0 Å². The molecule has 0 aliphatic heterocycles. The molecule has 24 heavy (non-hydrogen) atoms. The van der Waals surface area contributed by atoms with Gasteiger partial charge in [0.1, 0.15) is 12.0 Å². The van der Waals surface area contributed by atoms with E-state index in [1.807, 2.05) is 32.0 Å². The van der Waals surface area contributed by atoms with Gasteiger partial charge in [-0.2, -0.15) is 0 Å². The van der Waals surface area contributed by atoms with Gasteiger partial charge in [0.05, 0.1) is 18.1 Å². The molecule has 0 aliphatic rings. The Labute approximate surface area is 140 Å². The fourth-order valence-corrected chi connectivity index (χ4v) is 2.18. The molecule has 0 radical (unpaired) electrons. The molecule has 0 bridgehead atoms. The number of hydrogen-bond donors (Lipinski definition) is 1. The normalized spacial score (nSPS) is 10.2. The van der Waals surface area contributed by atoms with E-state index in [-0.39, 0.29) is 5.69 Å². The summed E-state index contributed by atoms with van der Waals surface area (Å²) in [5.74, 6) is 2.09. The number of rotatable bonds is 9. The highest BCUT2D eigenvalue weighted by molar-refractivity contribution is 5.44. The molecule has 1 aromatic heterocycles. The van der Waals surface area contributed by atoms with Gasteiger partial charge in [-0.25, -0.2) is 4.98 Å². The van der Waals surface area contributed by atoms with Gasteiger partial charge < -0.3 is 14.8 Å². The van der Waals surface area contributed by atoms with E-state index in [1.165, 1.54) is 12.3 Å².